The molecule has 0 heterocycles. The zero-order valence-corrected chi connectivity index (χ0v) is 8.99. The second kappa shape index (κ2) is 9.36. The first-order valence-corrected chi connectivity index (χ1v) is 5.88. The summed E-state index contributed by atoms with van der Waals surface area (Å²) in [4.78, 5) is 0. The smallest absolute Gasteiger partial charge is 0.0443 e. The zero-order chi connectivity index (χ0) is 9.23. The van der Waals surface area contributed by atoms with Gasteiger partial charge in [-0.15, -0.1) is 0 Å². The largest absolute Gasteiger partial charge is 0.396 e. The minimum absolute atomic E-state index is 0.295. The van der Waals surface area contributed by atoms with Gasteiger partial charge in [-0.25, -0.2) is 0 Å². The fourth-order valence-electron chi connectivity index (χ4n) is 0.934. The number of nitrogens with one attached hydrogen (secondary N) is 1. The van der Waals surface area contributed by atoms with Gasteiger partial charge in [0.1, 0.15) is 0 Å². The summed E-state index contributed by atoms with van der Waals surface area (Å²) in [5.41, 5.74) is 0. The Morgan fingerprint density at radius 2 is 2.25 bits per heavy atom. The predicted octanol–water partition coefficient (Wildman–Crippen LogP) is 1.49. The summed E-state index contributed by atoms with van der Waals surface area (Å²) >= 11 is 1.99. The van der Waals surface area contributed by atoms with Crippen molar-refractivity contribution in [2.45, 2.75) is 32.7 Å². The fourth-order valence-corrected chi connectivity index (χ4v) is 1.74. The summed E-state index contributed by atoms with van der Waals surface area (Å²) < 4.78 is 0. The molecule has 0 saturated heterocycles. The maximum absolute atomic E-state index is 8.55. The van der Waals surface area contributed by atoms with Crippen molar-refractivity contribution in [3.63, 3.8) is 0 Å². The van der Waals surface area contributed by atoms with E-state index in [1.54, 1.807) is 0 Å². The molecule has 0 aromatic rings. The van der Waals surface area contributed by atoms with Crippen LogP contribution < -0.4 is 5.32 Å². The van der Waals surface area contributed by atoms with E-state index in [9.17, 15) is 0 Å². The lowest BCUT2D eigenvalue weighted by atomic mass is 10.2. The normalized spacial score (nSPS) is 13.2. The van der Waals surface area contributed by atoms with Gasteiger partial charge in [0.05, 0.1) is 0 Å². The number of rotatable bonds is 8. The highest BCUT2D eigenvalue weighted by Crippen LogP contribution is 2.03. The standard InChI is InChI=1S/C9H21NOS/c1-3-12-8-5-9(2)10-6-4-7-11/h9-11H,3-8H2,1-2H3. The molecule has 2 N–H and O–H groups in total. The second-order valence-electron chi connectivity index (χ2n) is 2.92. The molecule has 0 aliphatic carbocycles. The van der Waals surface area contributed by atoms with Crippen molar-refractivity contribution in [3.8, 4) is 0 Å². The quantitative estimate of drug-likeness (QED) is 0.570. The third kappa shape index (κ3) is 8.37. The minimum Gasteiger partial charge on any atom is -0.396 e. The summed E-state index contributed by atoms with van der Waals surface area (Å²) in [7, 11) is 0. The zero-order valence-electron chi connectivity index (χ0n) is 8.18. The van der Waals surface area contributed by atoms with E-state index in [0.717, 1.165) is 13.0 Å². The topological polar surface area (TPSA) is 32.3 Å². The van der Waals surface area contributed by atoms with Gasteiger partial charge in [-0.3, -0.25) is 0 Å². The Balaban J connectivity index is 3.04. The lowest BCUT2D eigenvalue weighted by Gasteiger charge is -2.12. The van der Waals surface area contributed by atoms with Gasteiger partial charge in [-0.05, 0) is 37.8 Å². The number of aliphatic hydroxyl groups excluding tert-OH is 1. The van der Waals surface area contributed by atoms with Gasteiger partial charge in [-0.1, -0.05) is 6.92 Å². The van der Waals surface area contributed by atoms with Gasteiger partial charge in [-0.2, -0.15) is 11.8 Å². The molecule has 0 saturated carbocycles. The molecule has 0 radical (unpaired) electrons. The molecular formula is C9H21NOS. The molecule has 0 fully saturated rings. The average Bonchev–Trinajstić information content (AvgIpc) is 2.06. The number of thioether (sulfide) groups is 1. The molecule has 3 heteroatoms. The summed E-state index contributed by atoms with van der Waals surface area (Å²) in [5, 5.41) is 11.9. The van der Waals surface area contributed by atoms with Crippen LogP contribution in [0.3, 0.4) is 0 Å². The maximum Gasteiger partial charge on any atom is 0.0443 e. The van der Waals surface area contributed by atoms with Crippen LogP contribution in [-0.2, 0) is 0 Å². The molecule has 74 valence electrons. The van der Waals surface area contributed by atoms with E-state index < -0.39 is 0 Å². The third-order valence-corrected chi connectivity index (χ3v) is 2.66. The molecular weight excluding hydrogens is 170 g/mol. The molecule has 0 bridgehead atoms. The molecule has 2 nitrogen and oxygen atoms in total. The van der Waals surface area contributed by atoms with Gasteiger partial charge < -0.3 is 10.4 Å². The minimum atomic E-state index is 0.295. The van der Waals surface area contributed by atoms with Gasteiger partial charge in [0.15, 0.2) is 0 Å². The molecule has 0 spiro atoms. The van der Waals surface area contributed by atoms with E-state index in [4.69, 9.17) is 5.11 Å². The number of aliphatic hydroxyl groups is 1. The van der Waals surface area contributed by atoms with Gasteiger partial charge in [0.25, 0.3) is 0 Å². The number of hydrogen-bond acceptors (Lipinski definition) is 3. The summed E-state index contributed by atoms with van der Waals surface area (Å²) in [6, 6.07) is 0.593. The first-order chi connectivity index (χ1) is 5.81. The van der Waals surface area contributed by atoms with Crippen LogP contribution in [0.1, 0.15) is 26.7 Å². The van der Waals surface area contributed by atoms with Crippen LogP contribution in [0.15, 0.2) is 0 Å². The lowest BCUT2D eigenvalue weighted by molar-refractivity contribution is 0.283. The van der Waals surface area contributed by atoms with Crippen LogP contribution in [-0.4, -0.2) is 35.8 Å². The van der Waals surface area contributed by atoms with E-state index >= 15 is 0 Å². The van der Waals surface area contributed by atoms with Crippen LogP contribution >= 0.6 is 11.8 Å². The summed E-state index contributed by atoms with van der Waals surface area (Å²) in [6.07, 6.45) is 2.09. The SMILES string of the molecule is CCSCCC(C)NCCCO. The van der Waals surface area contributed by atoms with E-state index in [1.165, 1.54) is 17.9 Å². The van der Waals surface area contributed by atoms with Crippen molar-refractivity contribution < 1.29 is 5.11 Å². The van der Waals surface area contributed by atoms with Crippen molar-refractivity contribution in [3.05, 3.63) is 0 Å². The van der Waals surface area contributed by atoms with Crippen molar-refractivity contribution in [1.82, 2.24) is 5.32 Å². The Hall–Kier alpha value is 0.270. The predicted molar refractivity (Wildman–Crippen MR) is 56.8 cm³/mol. The fraction of sp³-hybridized carbons (Fsp3) is 1.00. The highest BCUT2D eigenvalue weighted by atomic mass is 32.2. The molecule has 1 atom stereocenters. The molecule has 1 unspecified atom stereocenters. The van der Waals surface area contributed by atoms with Crippen molar-refractivity contribution in [2.75, 3.05) is 24.7 Å². The first kappa shape index (κ1) is 12.3. The van der Waals surface area contributed by atoms with E-state index in [1.807, 2.05) is 11.8 Å². The number of hydrogen-bond donors (Lipinski definition) is 2. The molecule has 0 amide bonds. The summed E-state index contributed by atoms with van der Waals surface area (Å²) in [5.74, 6) is 2.45. The highest BCUT2D eigenvalue weighted by molar-refractivity contribution is 7.99. The Morgan fingerprint density at radius 1 is 1.50 bits per heavy atom. The van der Waals surface area contributed by atoms with Crippen LogP contribution in [0.4, 0.5) is 0 Å². The average molecular weight is 191 g/mol. The van der Waals surface area contributed by atoms with Crippen molar-refractivity contribution in [2.24, 2.45) is 0 Å². The monoisotopic (exact) mass is 191 g/mol. The third-order valence-electron chi connectivity index (χ3n) is 1.73. The van der Waals surface area contributed by atoms with Crippen LogP contribution in [0.25, 0.3) is 0 Å². The Morgan fingerprint density at radius 3 is 2.83 bits per heavy atom. The van der Waals surface area contributed by atoms with E-state index in [0.29, 0.717) is 12.6 Å². The molecule has 0 rings (SSSR count). The lowest BCUT2D eigenvalue weighted by Crippen LogP contribution is -2.27. The molecule has 0 aromatic heterocycles. The van der Waals surface area contributed by atoms with E-state index in [-0.39, 0.29) is 0 Å². The van der Waals surface area contributed by atoms with Crippen molar-refractivity contribution in [1.29, 1.82) is 0 Å². The first-order valence-electron chi connectivity index (χ1n) is 4.73. The molecule has 0 aliphatic heterocycles. The van der Waals surface area contributed by atoms with Gasteiger partial charge in [0.2, 0.25) is 0 Å². The van der Waals surface area contributed by atoms with Crippen molar-refractivity contribution >= 4 is 11.8 Å². The van der Waals surface area contributed by atoms with Gasteiger partial charge >= 0.3 is 0 Å². The Bertz CT molecular complexity index is 80.6. The Kier molecular flexibility index (Phi) is 9.57. The molecule has 12 heavy (non-hydrogen) atoms. The molecule has 0 aliphatic rings. The highest BCUT2D eigenvalue weighted by Gasteiger charge is 1.98. The van der Waals surface area contributed by atoms with Crippen LogP contribution in [0.5, 0.6) is 0 Å². The molecule has 0 aromatic carbocycles. The van der Waals surface area contributed by atoms with E-state index in [2.05, 4.69) is 19.2 Å². The van der Waals surface area contributed by atoms with Crippen LogP contribution in [0, 0.1) is 0 Å². The Labute approximate surface area is 80.1 Å². The van der Waals surface area contributed by atoms with Crippen LogP contribution in [0.2, 0.25) is 0 Å². The maximum atomic E-state index is 8.55. The second-order valence-corrected chi connectivity index (χ2v) is 4.31. The summed E-state index contributed by atoms with van der Waals surface area (Å²) in [6.45, 7) is 5.63. The van der Waals surface area contributed by atoms with Gasteiger partial charge in [0, 0.05) is 12.6 Å².